The summed E-state index contributed by atoms with van der Waals surface area (Å²) < 4.78 is 19.0. The van der Waals surface area contributed by atoms with Crippen molar-refractivity contribution in [3.05, 3.63) is 130 Å². The number of nitrogens with one attached hydrogen (secondary N) is 3. The molecule has 310 valence electrons. The number of aromatic amines is 1. The van der Waals surface area contributed by atoms with Crippen LogP contribution in [0.1, 0.15) is 62.8 Å². The third-order valence-corrected chi connectivity index (χ3v) is 16.6. The topological polar surface area (TPSA) is 125 Å². The molecule has 11 heteroatoms. The standard InChI is InChI=1S/C48H58N4O6Si/c1-48(2,3)59(4,5)58-43(39-20-22-42(53)46-40(39)21-23-45(54)51-46)31-49-30-34-14-17-37(18-15-34)56-28-10-9-11-33-16-19-38(35-12-7-6-8-13-35)41(29-33)50-47(55)57-44-32-52-26-24-36(44)25-27-52/h6-9,11-23,29,36,43-44,49,53H,10,24-28,30-32H2,1-5H3,(H,50,55)(H,51,54)/b11-9+/t43-,44-/m0/s1. The van der Waals surface area contributed by atoms with Gasteiger partial charge in [-0.1, -0.05) is 93.6 Å². The number of hydrogen-bond acceptors (Lipinski definition) is 8. The Kier molecular flexibility index (Phi) is 13.1. The number of carbonyl (C=O) groups is 1. The second-order valence-electron chi connectivity index (χ2n) is 17.3. The Morgan fingerprint density at radius 3 is 2.46 bits per heavy atom. The normalized spacial score (nSPS) is 18.6. The highest BCUT2D eigenvalue weighted by molar-refractivity contribution is 6.74. The monoisotopic (exact) mass is 814 g/mol. The van der Waals surface area contributed by atoms with Crippen LogP contribution in [-0.4, -0.2) is 68.3 Å². The summed E-state index contributed by atoms with van der Waals surface area (Å²) >= 11 is 0. The van der Waals surface area contributed by atoms with Crippen LogP contribution in [0, 0.1) is 5.92 Å². The van der Waals surface area contributed by atoms with Gasteiger partial charge in [0.2, 0.25) is 5.56 Å². The lowest BCUT2D eigenvalue weighted by Gasteiger charge is -2.43. The molecule has 2 bridgehead atoms. The largest absolute Gasteiger partial charge is 0.506 e. The molecule has 0 aliphatic carbocycles. The van der Waals surface area contributed by atoms with E-state index in [1.807, 2.05) is 60.7 Å². The summed E-state index contributed by atoms with van der Waals surface area (Å²) in [7, 11) is -2.19. The van der Waals surface area contributed by atoms with Crippen LogP contribution >= 0.6 is 0 Å². The number of carbonyl (C=O) groups excluding carboxylic acids is 1. The molecule has 0 radical (unpaired) electrons. The van der Waals surface area contributed by atoms with E-state index in [1.165, 1.54) is 6.07 Å². The highest BCUT2D eigenvalue weighted by atomic mass is 28.4. The van der Waals surface area contributed by atoms with Gasteiger partial charge >= 0.3 is 6.09 Å². The number of anilines is 1. The summed E-state index contributed by atoms with van der Waals surface area (Å²) in [6, 6.07) is 31.1. The Morgan fingerprint density at radius 2 is 1.75 bits per heavy atom. The minimum atomic E-state index is -2.19. The smallest absolute Gasteiger partial charge is 0.411 e. The lowest BCUT2D eigenvalue weighted by molar-refractivity contribution is -0.0289. The van der Waals surface area contributed by atoms with Gasteiger partial charge in [-0.2, -0.15) is 0 Å². The summed E-state index contributed by atoms with van der Waals surface area (Å²) in [5.41, 5.74) is 5.86. The fourth-order valence-corrected chi connectivity index (χ4v) is 9.04. The van der Waals surface area contributed by atoms with Gasteiger partial charge in [-0.15, -0.1) is 0 Å². The number of phenols is 1. The van der Waals surface area contributed by atoms with Crippen LogP contribution in [0.15, 0.2) is 108 Å². The predicted molar refractivity (Wildman–Crippen MR) is 239 cm³/mol. The molecule has 1 aromatic heterocycles. The molecule has 10 nitrogen and oxygen atoms in total. The average Bonchev–Trinajstić information content (AvgIpc) is 3.21. The summed E-state index contributed by atoms with van der Waals surface area (Å²) in [6.45, 7) is 15.8. The predicted octanol–water partition coefficient (Wildman–Crippen LogP) is 9.88. The first-order valence-electron chi connectivity index (χ1n) is 20.8. The van der Waals surface area contributed by atoms with E-state index in [0.717, 1.165) is 77.1 Å². The number of phenolic OH excluding ortho intramolecular Hbond substituents is 1. The first-order valence-corrected chi connectivity index (χ1v) is 23.7. The quantitative estimate of drug-likeness (QED) is 0.0609. The van der Waals surface area contributed by atoms with Crippen molar-refractivity contribution in [3.8, 4) is 22.6 Å². The van der Waals surface area contributed by atoms with Gasteiger partial charge in [-0.05, 0) is 109 Å². The van der Waals surface area contributed by atoms with Gasteiger partial charge in [0.25, 0.3) is 0 Å². The summed E-state index contributed by atoms with van der Waals surface area (Å²) in [5, 5.41) is 17.9. The van der Waals surface area contributed by atoms with E-state index in [2.05, 4.69) is 84.7 Å². The molecule has 59 heavy (non-hydrogen) atoms. The number of fused-ring (bicyclic) bond motifs is 4. The molecule has 3 fully saturated rings. The Labute approximate surface area is 348 Å². The second kappa shape index (κ2) is 18.4. The van der Waals surface area contributed by atoms with E-state index in [-0.39, 0.29) is 28.6 Å². The van der Waals surface area contributed by atoms with Crippen molar-refractivity contribution in [1.82, 2.24) is 15.2 Å². The molecular formula is C48H58N4O6Si. The Morgan fingerprint density at radius 1 is 0.983 bits per heavy atom. The van der Waals surface area contributed by atoms with Crippen LogP contribution < -0.4 is 20.9 Å². The number of piperidine rings is 3. The SMILES string of the molecule is CC(C)(C)[Si](C)(C)O[C@@H](CNCc1ccc(OCC/C=C/c2ccc(-c3ccccc3)c(NC(=O)O[C@H]3CN4CCC3CC4)c2)cc1)c1ccc(O)c2[nH]c(=O)ccc12. The van der Waals surface area contributed by atoms with Gasteiger partial charge in [0.15, 0.2) is 8.32 Å². The Bertz CT molecular complexity index is 2300. The lowest BCUT2D eigenvalue weighted by Crippen LogP contribution is -2.52. The number of aromatic hydroxyl groups is 1. The number of rotatable bonds is 15. The van der Waals surface area contributed by atoms with E-state index in [9.17, 15) is 14.7 Å². The molecule has 0 spiro atoms. The fourth-order valence-electron chi connectivity index (χ4n) is 7.76. The summed E-state index contributed by atoms with van der Waals surface area (Å²) in [6.07, 6.45) is 6.27. The molecule has 0 unspecified atom stereocenters. The van der Waals surface area contributed by atoms with Crippen LogP contribution in [0.4, 0.5) is 10.5 Å². The number of pyridine rings is 1. The van der Waals surface area contributed by atoms with Crippen LogP contribution in [-0.2, 0) is 15.7 Å². The number of benzene rings is 4. The number of aromatic nitrogens is 1. The highest BCUT2D eigenvalue weighted by Crippen LogP contribution is 2.41. The van der Waals surface area contributed by atoms with Gasteiger partial charge in [0, 0.05) is 36.7 Å². The number of ether oxygens (including phenoxy) is 2. The fraction of sp³-hybridized carbons (Fsp3) is 0.375. The molecule has 3 aliphatic rings. The Balaban J connectivity index is 0.930. The first kappa shape index (κ1) is 41.9. The van der Waals surface area contributed by atoms with Crippen molar-refractivity contribution in [1.29, 1.82) is 0 Å². The molecule has 1 amide bonds. The van der Waals surface area contributed by atoms with E-state index < -0.39 is 14.4 Å². The first-order chi connectivity index (χ1) is 28.3. The van der Waals surface area contributed by atoms with Crippen molar-refractivity contribution in [3.63, 3.8) is 0 Å². The lowest BCUT2D eigenvalue weighted by atomic mass is 9.86. The average molecular weight is 815 g/mol. The van der Waals surface area contributed by atoms with Gasteiger partial charge in [-0.25, -0.2) is 4.79 Å². The van der Waals surface area contributed by atoms with Crippen LogP contribution in [0.2, 0.25) is 18.1 Å². The number of nitrogens with zero attached hydrogens (tertiary/aromatic N) is 1. The number of H-pyrrole nitrogens is 1. The molecule has 8 rings (SSSR count). The maximum atomic E-state index is 13.2. The van der Waals surface area contributed by atoms with Crippen molar-refractivity contribution < 1.29 is 23.8 Å². The van der Waals surface area contributed by atoms with Gasteiger partial charge in [0.1, 0.15) is 17.6 Å². The minimum Gasteiger partial charge on any atom is -0.506 e. The zero-order chi connectivity index (χ0) is 41.6. The third-order valence-electron chi connectivity index (χ3n) is 12.2. The minimum absolute atomic E-state index is 0.00326. The van der Waals surface area contributed by atoms with Crippen LogP contribution in [0.5, 0.6) is 11.5 Å². The van der Waals surface area contributed by atoms with Gasteiger partial charge in [-0.3, -0.25) is 15.0 Å². The molecule has 3 aliphatic heterocycles. The maximum Gasteiger partial charge on any atom is 0.411 e. The molecule has 4 heterocycles. The van der Waals surface area contributed by atoms with E-state index in [0.29, 0.717) is 37.6 Å². The molecule has 3 saturated heterocycles. The molecule has 2 atom stereocenters. The molecule has 0 saturated carbocycles. The number of amides is 1. The summed E-state index contributed by atoms with van der Waals surface area (Å²) in [5.74, 6) is 1.28. The van der Waals surface area contributed by atoms with Crippen molar-refractivity contribution in [2.45, 2.75) is 76.9 Å². The van der Waals surface area contributed by atoms with Crippen molar-refractivity contribution in [2.75, 3.05) is 38.1 Å². The zero-order valence-corrected chi connectivity index (χ0v) is 35.9. The highest BCUT2D eigenvalue weighted by Gasteiger charge is 2.40. The van der Waals surface area contributed by atoms with Crippen LogP contribution in [0.3, 0.4) is 0 Å². The van der Waals surface area contributed by atoms with E-state index >= 15 is 0 Å². The van der Waals surface area contributed by atoms with Crippen molar-refractivity contribution in [2.24, 2.45) is 5.92 Å². The van der Waals surface area contributed by atoms with Crippen molar-refractivity contribution >= 4 is 37.1 Å². The zero-order valence-electron chi connectivity index (χ0n) is 34.9. The van der Waals surface area contributed by atoms with E-state index in [1.54, 1.807) is 12.1 Å². The molecule has 5 aromatic rings. The third kappa shape index (κ3) is 10.5. The van der Waals surface area contributed by atoms with Crippen LogP contribution in [0.25, 0.3) is 28.1 Å². The van der Waals surface area contributed by atoms with Gasteiger partial charge in [0.05, 0.1) is 23.9 Å². The Hall–Kier alpha value is -5.20. The maximum absolute atomic E-state index is 13.2. The number of hydrogen-bond donors (Lipinski definition) is 4. The second-order valence-corrected chi connectivity index (χ2v) is 22.1. The summed E-state index contributed by atoms with van der Waals surface area (Å²) in [4.78, 5) is 30.4. The molecule has 4 N–H and O–H groups in total. The van der Waals surface area contributed by atoms with E-state index in [4.69, 9.17) is 13.9 Å². The van der Waals surface area contributed by atoms with Gasteiger partial charge < -0.3 is 29.3 Å². The molecule has 4 aromatic carbocycles. The molecular weight excluding hydrogens is 757 g/mol.